The first-order valence-electron chi connectivity index (χ1n) is 8.00. The molecule has 24 heavy (non-hydrogen) atoms. The lowest BCUT2D eigenvalue weighted by Gasteiger charge is -2.37. The van der Waals surface area contributed by atoms with Crippen LogP contribution in [0.25, 0.3) is 0 Å². The molecule has 3 N–H and O–H groups in total. The van der Waals surface area contributed by atoms with Crippen LogP contribution in [0.1, 0.15) is 18.4 Å². The third-order valence-electron chi connectivity index (χ3n) is 4.37. The Balaban J connectivity index is 1.80. The zero-order valence-electron chi connectivity index (χ0n) is 13.4. The van der Waals surface area contributed by atoms with Gasteiger partial charge in [0.1, 0.15) is 5.82 Å². The van der Waals surface area contributed by atoms with E-state index in [2.05, 4.69) is 21.4 Å². The van der Waals surface area contributed by atoms with Crippen LogP contribution >= 0.6 is 11.6 Å². The number of rotatable bonds is 4. The number of aromatic nitrogens is 1. The molecule has 1 saturated heterocycles. The summed E-state index contributed by atoms with van der Waals surface area (Å²) in [5.41, 5.74) is 7.00. The summed E-state index contributed by atoms with van der Waals surface area (Å²) in [7, 11) is 0. The Kier molecular flexibility index (Phi) is 5.33. The van der Waals surface area contributed by atoms with Gasteiger partial charge in [0.15, 0.2) is 5.96 Å². The minimum absolute atomic E-state index is 0.146. The summed E-state index contributed by atoms with van der Waals surface area (Å²) in [4.78, 5) is 8.75. The Morgan fingerprint density at radius 2 is 1.96 bits per heavy atom. The molecule has 0 aliphatic carbocycles. The largest absolute Gasteiger partial charge is 0.381 e. The molecule has 0 atom stereocenters. The molecule has 2 aromatic rings. The van der Waals surface area contributed by atoms with Crippen molar-refractivity contribution in [3.05, 3.63) is 59.2 Å². The summed E-state index contributed by atoms with van der Waals surface area (Å²) in [6, 6.07) is 13.6. The molecule has 2 heterocycles. The molecule has 6 heteroatoms. The van der Waals surface area contributed by atoms with Crippen LogP contribution in [0.15, 0.2) is 53.7 Å². The van der Waals surface area contributed by atoms with Crippen LogP contribution in [-0.4, -0.2) is 30.7 Å². The first-order chi connectivity index (χ1) is 11.7. The number of hydrogen-bond acceptors (Lipinski definition) is 3. The van der Waals surface area contributed by atoms with Crippen LogP contribution in [0.3, 0.4) is 0 Å². The standard InChI is InChI=1S/C18H21ClN4O/c19-15-6-2-1-5-14(15)18(8-11-24-12-9-18)13-22-17(20)23-16-7-3-4-10-21-16/h1-7,10H,8-9,11-13H2,(H3,20,21,22,23). The summed E-state index contributed by atoms with van der Waals surface area (Å²) >= 11 is 6.45. The Hall–Kier alpha value is -2.11. The minimum Gasteiger partial charge on any atom is -0.381 e. The van der Waals surface area contributed by atoms with Crippen molar-refractivity contribution in [3.8, 4) is 0 Å². The molecule has 1 aromatic carbocycles. The van der Waals surface area contributed by atoms with Gasteiger partial charge in [0.05, 0.1) is 6.54 Å². The lowest BCUT2D eigenvalue weighted by atomic mass is 9.74. The second-order valence-corrected chi connectivity index (χ2v) is 6.32. The van der Waals surface area contributed by atoms with Crippen molar-refractivity contribution >= 4 is 23.4 Å². The van der Waals surface area contributed by atoms with Crippen LogP contribution in [0.4, 0.5) is 5.82 Å². The van der Waals surface area contributed by atoms with Crippen LogP contribution in [-0.2, 0) is 10.2 Å². The van der Waals surface area contributed by atoms with Gasteiger partial charge in [-0.3, -0.25) is 4.99 Å². The first kappa shape index (κ1) is 16.7. The molecule has 126 valence electrons. The van der Waals surface area contributed by atoms with Crippen molar-refractivity contribution < 1.29 is 4.74 Å². The third-order valence-corrected chi connectivity index (χ3v) is 4.70. The molecule has 0 radical (unpaired) electrons. The molecule has 0 amide bonds. The number of nitrogens with one attached hydrogen (secondary N) is 1. The minimum atomic E-state index is -0.146. The molecule has 3 rings (SSSR count). The fourth-order valence-corrected chi connectivity index (χ4v) is 3.35. The van der Waals surface area contributed by atoms with Crippen molar-refractivity contribution in [2.75, 3.05) is 25.1 Å². The lowest BCUT2D eigenvalue weighted by Crippen LogP contribution is -2.38. The Bertz CT molecular complexity index is 699. The summed E-state index contributed by atoms with van der Waals surface area (Å²) in [6.07, 6.45) is 3.45. The van der Waals surface area contributed by atoms with E-state index in [0.717, 1.165) is 23.4 Å². The van der Waals surface area contributed by atoms with Gasteiger partial charge in [-0.2, -0.15) is 0 Å². The predicted molar refractivity (Wildman–Crippen MR) is 97.5 cm³/mol. The quantitative estimate of drug-likeness (QED) is 0.660. The SMILES string of the molecule is NC(=NCC1(c2ccccc2Cl)CCOCC1)Nc1ccccn1. The van der Waals surface area contributed by atoms with Crippen molar-refractivity contribution in [2.45, 2.75) is 18.3 Å². The molecule has 5 nitrogen and oxygen atoms in total. The van der Waals surface area contributed by atoms with Gasteiger partial charge < -0.3 is 15.8 Å². The van der Waals surface area contributed by atoms with Crippen LogP contribution in [0.5, 0.6) is 0 Å². The molecule has 1 aliphatic heterocycles. The number of benzene rings is 1. The van der Waals surface area contributed by atoms with Gasteiger partial charge in [-0.15, -0.1) is 0 Å². The van der Waals surface area contributed by atoms with E-state index in [1.165, 1.54) is 0 Å². The number of anilines is 1. The fourth-order valence-electron chi connectivity index (χ4n) is 3.01. The number of aliphatic imine (C=N–C) groups is 1. The van der Waals surface area contributed by atoms with Gasteiger partial charge in [-0.05, 0) is 36.6 Å². The first-order valence-corrected chi connectivity index (χ1v) is 8.38. The number of nitrogens with two attached hydrogens (primary N) is 1. The van der Waals surface area contributed by atoms with Gasteiger partial charge in [-0.25, -0.2) is 4.98 Å². The maximum Gasteiger partial charge on any atom is 0.194 e. The average Bonchev–Trinajstić information content (AvgIpc) is 2.62. The number of guanidine groups is 1. The number of hydrogen-bond donors (Lipinski definition) is 2. The number of halogens is 1. The molecule has 1 aromatic heterocycles. The third kappa shape index (κ3) is 3.86. The number of nitrogens with zero attached hydrogens (tertiary/aromatic N) is 2. The van der Waals surface area contributed by atoms with Crippen LogP contribution < -0.4 is 11.1 Å². The van der Waals surface area contributed by atoms with Crippen LogP contribution in [0, 0.1) is 0 Å². The van der Waals surface area contributed by atoms with Gasteiger partial charge in [0.25, 0.3) is 0 Å². The lowest BCUT2D eigenvalue weighted by molar-refractivity contribution is 0.0532. The van der Waals surface area contributed by atoms with E-state index in [4.69, 9.17) is 22.1 Å². The second kappa shape index (κ2) is 7.64. The smallest absolute Gasteiger partial charge is 0.194 e. The molecule has 0 unspecified atom stereocenters. The van der Waals surface area contributed by atoms with E-state index in [9.17, 15) is 0 Å². The van der Waals surface area contributed by atoms with Gasteiger partial charge in [0, 0.05) is 29.8 Å². The van der Waals surface area contributed by atoms with E-state index in [1.54, 1.807) is 6.20 Å². The summed E-state index contributed by atoms with van der Waals surface area (Å²) in [6.45, 7) is 1.97. The van der Waals surface area contributed by atoms with Gasteiger partial charge in [-0.1, -0.05) is 35.9 Å². The van der Waals surface area contributed by atoms with Crippen LogP contribution in [0.2, 0.25) is 5.02 Å². The summed E-state index contributed by atoms with van der Waals surface area (Å²) < 4.78 is 5.54. The van der Waals surface area contributed by atoms with E-state index in [0.29, 0.717) is 31.5 Å². The molecule has 0 bridgehead atoms. The molecule has 0 spiro atoms. The molecule has 1 fully saturated rings. The van der Waals surface area contributed by atoms with Gasteiger partial charge in [0.2, 0.25) is 0 Å². The Morgan fingerprint density at radius 1 is 1.21 bits per heavy atom. The maximum atomic E-state index is 6.45. The topological polar surface area (TPSA) is 72.5 Å². The predicted octanol–water partition coefficient (Wildman–Crippen LogP) is 3.21. The van der Waals surface area contributed by atoms with Crippen molar-refractivity contribution in [1.29, 1.82) is 0 Å². The highest BCUT2D eigenvalue weighted by molar-refractivity contribution is 6.31. The zero-order valence-corrected chi connectivity index (χ0v) is 14.2. The van der Waals surface area contributed by atoms with Crippen molar-refractivity contribution in [2.24, 2.45) is 10.7 Å². The fraction of sp³-hybridized carbons (Fsp3) is 0.333. The highest BCUT2D eigenvalue weighted by atomic mass is 35.5. The van der Waals surface area contributed by atoms with E-state index in [1.807, 2.05) is 36.4 Å². The van der Waals surface area contributed by atoms with Gasteiger partial charge >= 0.3 is 0 Å². The average molecular weight is 345 g/mol. The van der Waals surface area contributed by atoms with E-state index < -0.39 is 0 Å². The molecule has 0 saturated carbocycles. The monoisotopic (exact) mass is 344 g/mol. The normalized spacial score (nSPS) is 17.5. The Morgan fingerprint density at radius 3 is 2.67 bits per heavy atom. The van der Waals surface area contributed by atoms with E-state index >= 15 is 0 Å². The summed E-state index contributed by atoms with van der Waals surface area (Å²) in [5.74, 6) is 1.03. The van der Waals surface area contributed by atoms with E-state index in [-0.39, 0.29) is 5.41 Å². The van der Waals surface area contributed by atoms with Crippen molar-refractivity contribution in [3.63, 3.8) is 0 Å². The maximum absolute atomic E-state index is 6.45. The number of pyridine rings is 1. The highest BCUT2D eigenvalue weighted by Gasteiger charge is 2.35. The molecule has 1 aliphatic rings. The molecular formula is C18H21ClN4O. The second-order valence-electron chi connectivity index (χ2n) is 5.91. The Labute approximate surface area is 146 Å². The van der Waals surface area contributed by atoms with Crippen molar-refractivity contribution in [1.82, 2.24) is 4.98 Å². The highest BCUT2D eigenvalue weighted by Crippen LogP contribution is 2.38. The zero-order chi connectivity index (χ0) is 16.8. The molecular weight excluding hydrogens is 324 g/mol. The number of ether oxygens (including phenoxy) is 1. The summed E-state index contributed by atoms with van der Waals surface area (Å²) in [5, 5.41) is 3.79.